The lowest BCUT2D eigenvalue weighted by molar-refractivity contribution is 0.203. The minimum atomic E-state index is -3.67. The Kier molecular flexibility index (Phi) is 6.99. The van der Waals surface area contributed by atoms with E-state index in [2.05, 4.69) is 51.5 Å². The van der Waals surface area contributed by atoms with Crippen LogP contribution >= 0.6 is 0 Å². The van der Waals surface area contributed by atoms with Gasteiger partial charge in [-0.25, -0.2) is 12.7 Å². The SMILES string of the molecule is COc1cc2c(cc1Nc1nc(Nc3ccccc3S(=O)(=O)N(C)C)c3cc[nH]c3n1)CN(C(C)C)CC2. The zero-order chi connectivity index (χ0) is 27.0. The van der Waals surface area contributed by atoms with Crippen molar-refractivity contribution in [2.45, 2.75) is 37.8 Å². The summed E-state index contributed by atoms with van der Waals surface area (Å²) in [4.78, 5) is 15.1. The van der Waals surface area contributed by atoms with Crippen molar-refractivity contribution < 1.29 is 13.2 Å². The van der Waals surface area contributed by atoms with Gasteiger partial charge in [-0.05, 0) is 61.7 Å². The normalized spacial score (nSPS) is 14.2. The van der Waals surface area contributed by atoms with Gasteiger partial charge in [-0.3, -0.25) is 4.90 Å². The van der Waals surface area contributed by atoms with E-state index in [9.17, 15) is 8.42 Å². The summed E-state index contributed by atoms with van der Waals surface area (Å²) in [5.41, 5.74) is 4.33. The fourth-order valence-electron chi connectivity index (χ4n) is 4.65. The van der Waals surface area contributed by atoms with E-state index in [-0.39, 0.29) is 4.90 Å². The van der Waals surface area contributed by atoms with Crippen LogP contribution < -0.4 is 15.4 Å². The number of aromatic amines is 1. The lowest BCUT2D eigenvalue weighted by Crippen LogP contribution is -2.35. The van der Waals surface area contributed by atoms with E-state index in [1.54, 1.807) is 37.6 Å². The van der Waals surface area contributed by atoms with Gasteiger partial charge < -0.3 is 20.4 Å². The molecule has 4 aromatic rings. The molecule has 0 saturated carbocycles. The van der Waals surface area contributed by atoms with Gasteiger partial charge in [0.1, 0.15) is 22.1 Å². The third kappa shape index (κ3) is 4.92. The standard InChI is InChI=1S/C27H33N7O3S/c1-17(2)34-13-11-18-15-23(37-5)22(14-19(18)16-34)30-27-31-25-20(10-12-28-25)26(32-27)29-21-8-6-7-9-24(21)38(35,36)33(3)4/h6-10,12,14-15,17H,11,13,16H2,1-5H3,(H3,28,29,30,31,32). The second kappa shape index (κ2) is 10.2. The minimum Gasteiger partial charge on any atom is -0.495 e. The van der Waals surface area contributed by atoms with Crippen LogP contribution in [0.2, 0.25) is 0 Å². The van der Waals surface area contributed by atoms with Crippen molar-refractivity contribution in [3.8, 4) is 5.75 Å². The van der Waals surface area contributed by atoms with Crippen LogP contribution in [0.15, 0.2) is 53.6 Å². The highest BCUT2D eigenvalue weighted by Gasteiger charge is 2.23. The first kappa shape index (κ1) is 26.0. The largest absolute Gasteiger partial charge is 0.495 e. The number of rotatable bonds is 8. The number of hydrogen-bond donors (Lipinski definition) is 3. The van der Waals surface area contributed by atoms with Gasteiger partial charge in [-0.1, -0.05) is 12.1 Å². The summed E-state index contributed by atoms with van der Waals surface area (Å²) < 4.78 is 32.8. The molecule has 3 heterocycles. The van der Waals surface area contributed by atoms with Crippen LogP contribution in [0.25, 0.3) is 11.0 Å². The quantitative estimate of drug-likeness (QED) is 0.303. The van der Waals surface area contributed by atoms with Crippen molar-refractivity contribution in [2.24, 2.45) is 0 Å². The molecule has 38 heavy (non-hydrogen) atoms. The van der Waals surface area contributed by atoms with E-state index < -0.39 is 10.0 Å². The highest BCUT2D eigenvalue weighted by molar-refractivity contribution is 7.89. The molecule has 11 heteroatoms. The molecule has 1 aliphatic rings. The average molecular weight is 536 g/mol. The van der Waals surface area contributed by atoms with Crippen molar-refractivity contribution in [1.82, 2.24) is 24.2 Å². The van der Waals surface area contributed by atoms with E-state index >= 15 is 0 Å². The lowest BCUT2D eigenvalue weighted by atomic mass is 9.97. The first-order valence-electron chi connectivity index (χ1n) is 12.5. The molecule has 0 saturated heterocycles. The second-order valence-electron chi connectivity index (χ2n) is 9.80. The van der Waals surface area contributed by atoms with Gasteiger partial charge in [0, 0.05) is 39.4 Å². The van der Waals surface area contributed by atoms with Crippen LogP contribution in [-0.2, 0) is 23.0 Å². The fraction of sp³-hybridized carbons (Fsp3) is 0.333. The number of nitrogens with zero attached hydrogens (tertiary/aromatic N) is 4. The van der Waals surface area contributed by atoms with Crippen LogP contribution in [0.5, 0.6) is 5.75 Å². The Morgan fingerprint density at radius 1 is 1.05 bits per heavy atom. The predicted molar refractivity (Wildman–Crippen MR) is 150 cm³/mol. The van der Waals surface area contributed by atoms with Gasteiger partial charge in [0.05, 0.1) is 23.9 Å². The predicted octanol–water partition coefficient (Wildman–Crippen LogP) is 4.47. The number of H-pyrrole nitrogens is 1. The molecule has 10 nitrogen and oxygen atoms in total. The first-order chi connectivity index (χ1) is 18.2. The Labute approximate surface area is 223 Å². The summed E-state index contributed by atoms with van der Waals surface area (Å²) in [6.45, 7) is 6.31. The summed E-state index contributed by atoms with van der Waals surface area (Å²) in [5.74, 6) is 1.54. The van der Waals surface area contributed by atoms with Crippen LogP contribution in [0.1, 0.15) is 25.0 Å². The van der Waals surface area contributed by atoms with Gasteiger partial charge in [0.2, 0.25) is 16.0 Å². The molecule has 1 aliphatic heterocycles. The molecule has 3 N–H and O–H groups in total. The van der Waals surface area contributed by atoms with E-state index in [1.807, 2.05) is 6.07 Å². The van der Waals surface area contributed by atoms with Crippen LogP contribution in [0.4, 0.5) is 23.1 Å². The molecule has 5 rings (SSSR count). The number of sulfonamides is 1. The van der Waals surface area contributed by atoms with Crippen molar-refractivity contribution >= 4 is 44.2 Å². The Bertz CT molecular complexity index is 1580. The molecule has 0 unspecified atom stereocenters. The van der Waals surface area contributed by atoms with E-state index in [4.69, 9.17) is 9.72 Å². The smallest absolute Gasteiger partial charge is 0.244 e. The molecule has 2 aromatic heterocycles. The zero-order valence-electron chi connectivity index (χ0n) is 22.2. The number of ether oxygens (including phenoxy) is 1. The Hall–Kier alpha value is -3.67. The molecule has 0 spiro atoms. The number of fused-ring (bicyclic) bond motifs is 2. The maximum absolute atomic E-state index is 12.9. The minimum absolute atomic E-state index is 0.160. The molecule has 200 valence electrons. The Balaban J connectivity index is 1.52. The Morgan fingerprint density at radius 3 is 2.58 bits per heavy atom. The molecule has 0 radical (unpaired) electrons. The maximum atomic E-state index is 12.9. The number of nitrogens with one attached hydrogen (secondary N) is 3. The highest BCUT2D eigenvalue weighted by atomic mass is 32.2. The molecule has 0 fully saturated rings. The third-order valence-electron chi connectivity index (χ3n) is 6.85. The van der Waals surface area contributed by atoms with E-state index in [1.165, 1.54) is 29.5 Å². The van der Waals surface area contributed by atoms with Crippen LogP contribution in [0.3, 0.4) is 0 Å². The zero-order valence-corrected chi connectivity index (χ0v) is 23.1. The van der Waals surface area contributed by atoms with Crippen LogP contribution in [-0.4, -0.2) is 66.4 Å². The van der Waals surface area contributed by atoms with Crippen molar-refractivity contribution in [1.29, 1.82) is 0 Å². The lowest BCUT2D eigenvalue weighted by Gasteiger charge is -2.32. The van der Waals surface area contributed by atoms with Gasteiger partial charge in [-0.2, -0.15) is 9.97 Å². The summed E-state index contributed by atoms with van der Waals surface area (Å²) in [6, 6.07) is 13.3. The van der Waals surface area contributed by atoms with Crippen LogP contribution in [0, 0.1) is 0 Å². The molecule has 0 bridgehead atoms. The number of benzene rings is 2. The summed E-state index contributed by atoms with van der Waals surface area (Å²) in [5, 5.41) is 7.30. The molecule has 0 aliphatic carbocycles. The topological polar surface area (TPSA) is 115 Å². The molecular formula is C27H33N7O3S. The number of anilines is 4. The van der Waals surface area contributed by atoms with Crippen molar-refractivity contribution in [3.63, 3.8) is 0 Å². The summed E-state index contributed by atoms with van der Waals surface area (Å²) >= 11 is 0. The number of methoxy groups -OCH3 is 1. The van der Waals surface area contributed by atoms with Gasteiger partial charge in [0.15, 0.2) is 0 Å². The third-order valence-corrected chi connectivity index (χ3v) is 8.73. The Morgan fingerprint density at radius 2 is 1.84 bits per heavy atom. The molecular weight excluding hydrogens is 502 g/mol. The summed E-state index contributed by atoms with van der Waals surface area (Å²) in [6.07, 6.45) is 2.75. The van der Waals surface area contributed by atoms with Gasteiger partial charge in [-0.15, -0.1) is 0 Å². The van der Waals surface area contributed by atoms with Crippen molar-refractivity contribution in [3.05, 3.63) is 59.8 Å². The summed E-state index contributed by atoms with van der Waals surface area (Å²) in [7, 11) is 1.00. The molecule has 0 atom stereocenters. The van der Waals surface area contributed by atoms with Gasteiger partial charge >= 0.3 is 0 Å². The fourth-order valence-corrected chi connectivity index (χ4v) is 5.69. The number of para-hydroxylation sites is 1. The average Bonchev–Trinajstić information content (AvgIpc) is 3.37. The monoisotopic (exact) mass is 535 g/mol. The first-order valence-corrected chi connectivity index (χ1v) is 14.0. The maximum Gasteiger partial charge on any atom is 0.244 e. The number of hydrogen-bond acceptors (Lipinski definition) is 8. The second-order valence-corrected chi connectivity index (χ2v) is 11.9. The highest BCUT2D eigenvalue weighted by Crippen LogP contribution is 2.35. The number of aromatic nitrogens is 3. The molecule has 0 amide bonds. The van der Waals surface area contributed by atoms with E-state index in [0.29, 0.717) is 34.9 Å². The van der Waals surface area contributed by atoms with E-state index in [0.717, 1.165) is 30.6 Å². The van der Waals surface area contributed by atoms with Crippen molar-refractivity contribution in [2.75, 3.05) is 38.4 Å². The van der Waals surface area contributed by atoms with Gasteiger partial charge in [0.25, 0.3) is 0 Å². The molecule has 2 aromatic carbocycles.